The van der Waals surface area contributed by atoms with Crippen LogP contribution in [0.3, 0.4) is 0 Å². The molecule has 0 amide bonds. The summed E-state index contributed by atoms with van der Waals surface area (Å²) in [6.07, 6.45) is 5.50. The zero-order valence-electron chi connectivity index (χ0n) is 16.7. The van der Waals surface area contributed by atoms with E-state index in [9.17, 15) is 0 Å². The number of nitrogens with two attached hydrogens (primary N) is 2. The van der Waals surface area contributed by atoms with Crippen molar-refractivity contribution >= 4 is 44.1 Å². The van der Waals surface area contributed by atoms with Gasteiger partial charge in [0.25, 0.3) is 0 Å². The Morgan fingerprint density at radius 3 is 2.66 bits per heavy atom. The minimum atomic E-state index is 0.444. The zero-order valence-corrected chi connectivity index (χ0v) is 16.7. The van der Waals surface area contributed by atoms with Crippen molar-refractivity contribution in [3.8, 4) is 11.5 Å². The lowest BCUT2D eigenvalue weighted by Crippen LogP contribution is -2.01. The van der Waals surface area contributed by atoms with Crippen LogP contribution in [0.2, 0.25) is 0 Å². The first-order chi connectivity index (χ1) is 14.1. The van der Waals surface area contributed by atoms with Gasteiger partial charge in [0.05, 0.1) is 24.8 Å². The second kappa shape index (κ2) is 6.65. The van der Waals surface area contributed by atoms with Crippen LogP contribution >= 0.6 is 0 Å². The van der Waals surface area contributed by atoms with Crippen LogP contribution in [0.5, 0.6) is 11.5 Å². The molecule has 1 aliphatic rings. The van der Waals surface area contributed by atoms with E-state index in [4.69, 9.17) is 20.9 Å². The summed E-state index contributed by atoms with van der Waals surface area (Å²) in [7, 11) is 1.66. The van der Waals surface area contributed by atoms with Gasteiger partial charge in [0, 0.05) is 39.5 Å². The van der Waals surface area contributed by atoms with E-state index in [1.807, 2.05) is 31.2 Å². The molecule has 1 saturated carbocycles. The van der Waals surface area contributed by atoms with Crippen LogP contribution in [-0.2, 0) is 0 Å². The summed E-state index contributed by atoms with van der Waals surface area (Å²) in [6, 6.07) is 7.85. The number of aryl methyl sites for hydroxylation is 1. The predicted octanol–water partition coefficient (Wildman–Crippen LogP) is 4.60. The van der Waals surface area contributed by atoms with Crippen LogP contribution in [-0.4, -0.2) is 23.7 Å². The fourth-order valence-corrected chi connectivity index (χ4v) is 3.94. The molecule has 0 saturated heterocycles. The average Bonchev–Trinajstić information content (AvgIpc) is 3.54. The summed E-state index contributed by atoms with van der Waals surface area (Å²) in [6.45, 7) is 2.66. The van der Waals surface area contributed by atoms with Crippen LogP contribution in [0.1, 0.15) is 24.8 Å². The van der Waals surface area contributed by atoms with Gasteiger partial charge in [0.2, 0.25) is 0 Å². The highest BCUT2D eigenvalue weighted by Gasteiger charge is 2.21. The highest BCUT2D eigenvalue weighted by Crippen LogP contribution is 2.40. The first kappa shape index (κ1) is 17.8. The third-order valence-corrected chi connectivity index (χ3v) is 5.88. The zero-order chi connectivity index (χ0) is 20.1. The number of aromatic nitrogens is 2. The van der Waals surface area contributed by atoms with Gasteiger partial charge in [-0.05, 0) is 37.0 Å². The fourth-order valence-electron chi connectivity index (χ4n) is 3.94. The van der Waals surface area contributed by atoms with Crippen molar-refractivity contribution < 1.29 is 9.47 Å². The van der Waals surface area contributed by atoms with Crippen molar-refractivity contribution in [1.29, 1.82) is 0 Å². The Morgan fingerprint density at radius 2 is 1.90 bits per heavy atom. The number of hydrogen-bond acceptors (Lipinski definition) is 6. The van der Waals surface area contributed by atoms with E-state index < -0.39 is 0 Å². The van der Waals surface area contributed by atoms with Crippen LogP contribution in [0.4, 0.5) is 11.5 Å². The number of anilines is 2. The summed E-state index contributed by atoms with van der Waals surface area (Å²) < 4.78 is 11.7. The minimum absolute atomic E-state index is 0.444. The lowest BCUT2D eigenvalue weighted by Gasteiger charge is -2.15. The first-order valence-electron chi connectivity index (χ1n) is 9.94. The van der Waals surface area contributed by atoms with Crippen molar-refractivity contribution in [3.05, 3.63) is 36.0 Å². The standard InChI is InChI=1S/C23H24N4O2/c1-12-17(24)6-5-14-21-15-9-19(28-2)20(29-8-7-13-3-4-13)10-18(15)26-11-16(21)23(25)27-22(12)14/h5-6,9-11,13H,3-4,7-8,24H2,1-2H3,(H2,25,27). The van der Waals surface area contributed by atoms with Crippen LogP contribution in [0.15, 0.2) is 30.5 Å². The monoisotopic (exact) mass is 388 g/mol. The first-order valence-corrected chi connectivity index (χ1v) is 9.94. The molecule has 2 aromatic carbocycles. The highest BCUT2D eigenvalue weighted by molar-refractivity contribution is 6.21. The lowest BCUT2D eigenvalue weighted by atomic mass is 9.99. The number of hydrogen-bond donors (Lipinski definition) is 2. The molecule has 29 heavy (non-hydrogen) atoms. The van der Waals surface area contributed by atoms with E-state index in [2.05, 4.69) is 9.97 Å². The normalized spacial score (nSPS) is 14.0. The number of benzene rings is 2. The Bertz CT molecular complexity index is 1260. The quantitative estimate of drug-likeness (QED) is 0.383. The van der Waals surface area contributed by atoms with Gasteiger partial charge in [-0.2, -0.15) is 0 Å². The molecule has 0 radical (unpaired) electrons. The molecular weight excluding hydrogens is 364 g/mol. The third kappa shape index (κ3) is 2.95. The summed E-state index contributed by atoms with van der Waals surface area (Å²) in [5.74, 6) is 2.68. The number of nitrogens with zero attached hydrogens (tertiary/aromatic N) is 2. The summed E-state index contributed by atoms with van der Waals surface area (Å²) in [4.78, 5) is 9.22. The van der Waals surface area contributed by atoms with E-state index in [1.165, 1.54) is 12.8 Å². The summed E-state index contributed by atoms with van der Waals surface area (Å²) >= 11 is 0. The third-order valence-electron chi connectivity index (χ3n) is 5.88. The van der Waals surface area contributed by atoms with Gasteiger partial charge in [0.1, 0.15) is 5.82 Å². The molecular formula is C23H24N4O2. The van der Waals surface area contributed by atoms with E-state index in [0.717, 1.165) is 56.2 Å². The molecule has 1 fully saturated rings. The lowest BCUT2D eigenvalue weighted by molar-refractivity contribution is 0.283. The number of nitrogen functional groups attached to an aromatic ring is 2. The molecule has 2 heterocycles. The maximum absolute atomic E-state index is 6.28. The Hall–Kier alpha value is -3.28. The molecule has 0 aliphatic heterocycles. The average molecular weight is 388 g/mol. The van der Waals surface area contributed by atoms with Gasteiger partial charge < -0.3 is 20.9 Å². The molecule has 1 aliphatic carbocycles. The Balaban J connectivity index is 1.75. The SMILES string of the molecule is COc1cc2c(cc1OCCC1CC1)ncc1c(N)nc3c(C)c(N)ccc3c12. The summed E-state index contributed by atoms with van der Waals surface area (Å²) in [5, 5.41) is 3.77. The Morgan fingerprint density at radius 1 is 1.07 bits per heavy atom. The highest BCUT2D eigenvalue weighted by atomic mass is 16.5. The number of rotatable bonds is 5. The number of pyridine rings is 2. The smallest absolute Gasteiger partial charge is 0.163 e. The molecule has 0 spiro atoms. The number of fused-ring (bicyclic) bond motifs is 5. The van der Waals surface area contributed by atoms with Gasteiger partial charge in [-0.1, -0.05) is 18.9 Å². The molecule has 0 bridgehead atoms. The van der Waals surface area contributed by atoms with E-state index >= 15 is 0 Å². The predicted molar refractivity (Wildman–Crippen MR) is 117 cm³/mol. The van der Waals surface area contributed by atoms with Crippen molar-refractivity contribution in [2.75, 3.05) is 25.2 Å². The maximum Gasteiger partial charge on any atom is 0.163 e. The van der Waals surface area contributed by atoms with Crippen molar-refractivity contribution in [2.45, 2.75) is 26.2 Å². The van der Waals surface area contributed by atoms with E-state index in [0.29, 0.717) is 23.9 Å². The molecule has 6 heteroatoms. The number of ether oxygens (including phenoxy) is 2. The molecule has 4 N–H and O–H groups in total. The maximum atomic E-state index is 6.28. The van der Waals surface area contributed by atoms with E-state index in [-0.39, 0.29) is 0 Å². The van der Waals surface area contributed by atoms with E-state index in [1.54, 1.807) is 13.3 Å². The molecule has 148 valence electrons. The van der Waals surface area contributed by atoms with Crippen molar-refractivity contribution in [3.63, 3.8) is 0 Å². The van der Waals surface area contributed by atoms with Gasteiger partial charge in [-0.3, -0.25) is 4.98 Å². The molecule has 0 atom stereocenters. The van der Waals surface area contributed by atoms with Crippen molar-refractivity contribution in [2.24, 2.45) is 5.92 Å². The van der Waals surface area contributed by atoms with Crippen LogP contribution in [0.25, 0.3) is 32.6 Å². The summed E-state index contributed by atoms with van der Waals surface area (Å²) in [5.41, 5.74) is 15.7. The van der Waals surface area contributed by atoms with Gasteiger partial charge >= 0.3 is 0 Å². The van der Waals surface area contributed by atoms with Crippen LogP contribution < -0.4 is 20.9 Å². The Labute approximate surface area is 168 Å². The largest absolute Gasteiger partial charge is 0.493 e. The fraction of sp³-hybridized carbons (Fsp3) is 0.304. The number of methoxy groups -OCH3 is 1. The van der Waals surface area contributed by atoms with Crippen molar-refractivity contribution in [1.82, 2.24) is 9.97 Å². The molecule has 6 nitrogen and oxygen atoms in total. The molecule has 5 rings (SSSR count). The molecule has 2 aromatic heterocycles. The Kier molecular flexibility index (Phi) is 4.08. The second-order valence-corrected chi connectivity index (χ2v) is 7.82. The van der Waals surface area contributed by atoms with Gasteiger partial charge in [-0.15, -0.1) is 0 Å². The van der Waals surface area contributed by atoms with Gasteiger partial charge in [-0.25, -0.2) is 4.98 Å². The molecule has 0 unspecified atom stereocenters. The topological polar surface area (TPSA) is 96.3 Å². The molecule has 4 aromatic rings. The minimum Gasteiger partial charge on any atom is -0.493 e. The van der Waals surface area contributed by atoms with Gasteiger partial charge in [0.15, 0.2) is 11.5 Å². The van der Waals surface area contributed by atoms with Crippen LogP contribution in [0, 0.1) is 12.8 Å². The second-order valence-electron chi connectivity index (χ2n) is 7.82.